The number of benzene rings is 1. The molecule has 0 saturated carbocycles. The van der Waals surface area contributed by atoms with E-state index < -0.39 is 5.60 Å². The molecule has 0 N–H and O–H groups in total. The quantitative estimate of drug-likeness (QED) is 0.755. The van der Waals surface area contributed by atoms with Crippen LogP contribution in [0.25, 0.3) is 16.7 Å². The minimum Gasteiger partial charge on any atom is -0.444 e. The third-order valence-corrected chi connectivity index (χ3v) is 4.87. The maximum Gasteiger partial charge on any atom is 0.411 e. The van der Waals surface area contributed by atoms with Crippen LogP contribution in [0.5, 0.6) is 0 Å². The first-order chi connectivity index (χ1) is 11.8. The maximum atomic E-state index is 12.5. The van der Waals surface area contributed by atoms with Gasteiger partial charge in [-0.15, -0.1) is 0 Å². The van der Waals surface area contributed by atoms with Crippen molar-refractivity contribution in [3.8, 4) is 0 Å². The topological polar surface area (TPSA) is 55.6 Å². The minimum absolute atomic E-state index is 0.123. The average Bonchev–Trinajstić information content (AvgIpc) is 3.01. The van der Waals surface area contributed by atoms with Crippen molar-refractivity contribution < 1.29 is 13.9 Å². The van der Waals surface area contributed by atoms with Crippen LogP contribution >= 0.6 is 0 Å². The molecule has 0 spiro atoms. The molecule has 1 saturated heterocycles. The summed E-state index contributed by atoms with van der Waals surface area (Å²) >= 11 is 0. The van der Waals surface area contributed by atoms with Gasteiger partial charge in [0, 0.05) is 13.0 Å². The molecular weight excluding hydrogens is 316 g/mol. The summed E-state index contributed by atoms with van der Waals surface area (Å²) in [6, 6.07) is 6.49. The summed E-state index contributed by atoms with van der Waals surface area (Å²) in [5, 5.41) is 0. The van der Waals surface area contributed by atoms with Gasteiger partial charge in [0.25, 0.3) is 0 Å². The molecule has 2 unspecified atom stereocenters. The first kappa shape index (κ1) is 16.2. The van der Waals surface area contributed by atoms with E-state index in [2.05, 4.69) is 23.2 Å². The second kappa shape index (κ2) is 5.61. The molecule has 1 amide bonds. The molecule has 3 heterocycles. The van der Waals surface area contributed by atoms with Crippen LogP contribution in [0.2, 0.25) is 0 Å². The van der Waals surface area contributed by atoms with E-state index in [0.717, 1.165) is 30.4 Å². The Morgan fingerprint density at radius 2 is 2.12 bits per heavy atom. The summed E-state index contributed by atoms with van der Waals surface area (Å²) in [6.07, 6.45) is 4.91. The van der Waals surface area contributed by atoms with Crippen molar-refractivity contribution in [2.75, 3.05) is 0 Å². The smallest absolute Gasteiger partial charge is 0.411 e. The van der Waals surface area contributed by atoms with Crippen LogP contribution in [0.1, 0.15) is 51.5 Å². The van der Waals surface area contributed by atoms with E-state index in [1.165, 1.54) is 11.1 Å². The standard InChI is InChI=1S/C20H24N2O3/c1-12-21-17-11-13(5-8-18(17)24-12)14-9-15-6-7-16(10-14)22(15)19(23)25-20(2,3)4/h5,8-9,11,15-16H,6-7,10H2,1-4H3. The number of oxazole rings is 1. The molecule has 2 aliphatic heterocycles. The highest BCUT2D eigenvalue weighted by atomic mass is 16.6. The second-order valence-corrected chi connectivity index (χ2v) is 8.00. The van der Waals surface area contributed by atoms with Crippen molar-refractivity contribution in [3.63, 3.8) is 0 Å². The van der Waals surface area contributed by atoms with Crippen molar-refractivity contribution >= 4 is 22.8 Å². The Morgan fingerprint density at radius 3 is 2.84 bits per heavy atom. The van der Waals surface area contributed by atoms with E-state index in [4.69, 9.17) is 9.15 Å². The number of hydrogen-bond donors (Lipinski definition) is 0. The number of fused-ring (bicyclic) bond motifs is 3. The fourth-order valence-corrected chi connectivity index (χ4v) is 3.89. The molecule has 2 aromatic rings. The molecule has 1 aromatic carbocycles. The highest BCUT2D eigenvalue weighted by molar-refractivity contribution is 5.81. The van der Waals surface area contributed by atoms with Crippen molar-refractivity contribution in [1.29, 1.82) is 0 Å². The lowest BCUT2D eigenvalue weighted by molar-refractivity contribution is 0.0175. The third kappa shape index (κ3) is 3.03. The molecule has 0 radical (unpaired) electrons. The van der Waals surface area contributed by atoms with E-state index in [-0.39, 0.29) is 18.2 Å². The molecule has 2 atom stereocenters. The zero-order chi connectivity index (χ0) is 17.8. The van der Waals surface area contributed by atoms with E-state index in [9.17, 15) is 4.79 Å². The maximum absolute atomic E-state index is 12.5. The van der Waals surface area contributed by atoms with Crippen LogP contribution in [-0.4, -0.2) is 33.7 Å². The van der Waals surface area contributed by atoms with Crippen LogP contribution in [0, 0.1) is 6.92 Å². The van der Waals surface area contributed by atoms with Gasteiger partial charge in [-0.3, -0.25) is 4.90 Å². The molecule has 5 heteroatoms. The molecule has 132 valence electrons. The SMILES string of the molecule is Cc1nc2cc(C3=CC4CCC(C3)N4C(=O)OC(C)(C)C)ccc2o1. The highest BCUT2D eigenvalue weighted by Crippen LogP contribution is 2.39. The number of ether oxygens (including phenoxy) is 1. The fourth-order valence-electron chi connectivity index (χ4n) is 3.89. The normalized spacial score (nSPS) is 23.0. The number of aryl methyl sites for hydroxylation is 1. The third-order valence-electron chi connectivity index (χ3n) is 4.87. The van der Waals surface area contributed by atoms with Crippen molar-refractivity contribution in [2.45, 2.75) is 64.6 Å². The molecular formula is C20H24N2O3. The number of hydrogen-bond acceptors (Lipinski definition) is 4. The van der Waals surface area contributed by atoms with Gasteiger partial charge in [-0.1, -0.05) is 12.1 Å². The molecule has 4 rings (SSSR count). The summed E-state index contributed by atoms with van der Waals surface area (Å²) in [7, 11) is 0. The lowest BCUT2D eigenvalue weighted by Gasteiger charge is -2.35. The highest BCUT2D eigenvalue weighted by Gasteiger charge is 2.41. The van der Waals surface area contributed by atoms with Crippen molar-refractivity contribution in [1.82, 2.24) is 9.88 Å². The molecule has 1 aromatic heterocycles. The van der Waals surface area contributed by atoms with Gasteiger partial charge in [-0.2, -0.15) is 0 Å². The first-order valence-electron chi connectivity index (χ1n) is 8.90. The Morgan fingerprint density at radius 1 is 1.32 bits per heavy atom. The lowest BCUT2D eigenvalue weighted by atomic mass is 9.95. The summed E-state index contributed by atoms with van der Waals surface area (Å²) in [4.78, 5) is 18.9. The van der Waals surface area contributed by atoms with Crippen LogP contribution in [-0.2, 0) is 4.74 Å². The van der Waals surface area contributed by atoms with Crippen molar-refractivity contribution in [2.24, 2.45) is 0 Å². The second-order valence-electron chi connectivity index (χ2n) is 8.00. The van der Waals surface area contributed by atoms with Gasteiger partial charge >= 0.3 is 6.09 Å². The van der Waals surface area contributed by atoms with Gasteiger partial charge in [-0.25, -0.2) is 9.78 Å². The average molecular weight is 340 g/mol. The Balaban J connectivity index is 1.61. The van der Waals surface area contributed by atoms with Gasteiger partial charge in [0.05, 0.1) is 6.04 Å². The largest absolute Gasteiger partial charge is 0.444 e. The number of carbonyl (C=O) groups is 1. The molecule has 25 heavy (non-hydrogen) atoms. The van der Waals surface area contributed by atoms with E-state index in [1.54, 1.807) is 0 Å². The molecule has 2 aliphatic rings. The van der Waals surface area contributed by atoms with Gasteiger partial charge in [0.15, 0.2) is 11.5 Å². The van der Waals surface area contributed by atoms with E-state index >= 15 is 0 Å². The predicted molar refractivity (Wildman–Crippen MR) is 96.2 cm³/mol. The Labute approximate surface area is 147 Å². The van der Waals surface area contributed by atoms with Crippen LogP contribution in [0.15, 0.2) is 28.7 Å². The Kier molecular flexibility index (Phi) is 3.63. The summed E-state index contributed by atoms with van der Waals surface area (Å²) in [5.74, 6) is 0.681. The van der Waals surface area contributed by atoms with Gasteiger partial charge < -0.3 is 9.15 Å². The lowest BCUT2D eigenvalue weighted by Crippen LogP contribution is -2.45. The monoisotopic (exact) mass is 340 g/mol. The fraction of sp³-hybridized carbons (Fsp3) is 0.500. The summed E-state index contributed by atoms with van der Waals surface area (Å²) in [5.41, 5.74) is 3.70. The van der Waals surface area contributed by atoms with Crippen LogP contribution in [0.4, 0.5) is 4.79 Å². The van der Waals surface area contributed by atoms with Crippen molar-refractivity contribution in [3.05, 3.63) is 35.7 Å². The Hall–Kier alpha value is -2.30. The molecule has 5 nitrogen and oxygen atoms in total. The first-order valence-corrected chi connectivity index (χ1v) is 8.90. The van der Waals surface area contributed by atoms with Gasteiger partial charge in [-0.05, 0) is 63.3 Å². The number of aromatic nitrogens is 1. The Bertz CT molecular complexity index is 859. The van der Waals surface area contributed by atoms with Gasteiger partial charge in [0.1, 0.15) is 11.1 Å². The van der Waals surface area contributed by atoms with E-state index in [1.807, 2.05) is 38.7 Å². The number of rotatable bonds is 1. The molecule has 2 bridgehead atoms. The predicted octanol–water partition coefficient (Wildman–Crippen LogP) is 4.69. The molecule has 0 aliphatic carbocycles. The number of amides is 1. The summed E-state index contributed by atoms with van der Waals surface area (Å²) in [6.45, 7) is 7.59. The number of nitrogens with zero attached hydrogens (tertiary/aromatic N) is 2. The molecule has 1 fully saturated rings. The van der Waals surface area contributed by atoms with Crippen LogP contribution < -0.4 is 0 Å². The minimum atomic E-state index is -0.462. The summed E-state index contributed by atoms with van der Waals surface area (Å²) < 4.78 is 11.2. The van der Waals surface area contributed by atoms with E-state index in [0.29, 0.717) is 5.89 Å². The zero-order valence-corrected chi connectivity index (χ0v) is 15.2. The van der Waals surface area contributed by atoms with Crippen LogP contribution in [0.3, 0.4) is 0 Å². The number of carbonyl (C=O) groups excluding carboxylic acids is 1. The zero-order valence-electron chi connectivity index (χ0n) is 15.2. The van der Waals surface area contributed by atoms with Gasteiger partial charge in [0.2, 0.25) is 0 Å².